The van der Waals surface area contributed by atoms with Crippen LogP contribution in [0.15, 0.2) is 36.5 Å². The van der Waals surface area contributed by atoms with Crippen molar-refractivity contribution in [3.8, 4) is 0 Å². The monoisotopic (exact) mass is 350 g/mol. The lowest BCUT2D eigenvalue weighted by atomic mass is 9.93. The van der Waals surface area contributed by atoms with Crippen molar-refractivity contribution in [1.29, 1.82) is 0 Å². The van der Waals surface area contributed by atoms with E-state index in [4.69, 9.17) is 4.74 Å². The maximum Gasteiger partial charge on any atom is 0.218 e. The number of rotatable bonds is 4. The molecule has 0 saturated carbocycles. The SMILES string of the molecule is CC1(CO)COCCN(S(=O)(=O)Cc2cccc3cccnc23)C1. The molecule has 1 aromatic carbocycles. The van der Waals surface area contributed by atoms with Crippen molar-refractivity contribution in [2.75, 3.05) is 32.9 Å². The van der Waals surface area contributed by atoms with E-state index in [1.807, 2.05) is 31.2 Å². The van der Waals surface area contributed by atoms with Crippen molar-refractivity contribution in [1.82, 2.24) is 9.29 Å². The Morgan fingerprint density at radius 1 is 1.33 bits per heavy atom. The van der Waals surface area contributed by atoms with Gasteiger partial charge in [0.15, 0.2) is 0 Å². The first-order valence-electron chi connectivity index (χ1n) is 7.93. The van der Waals surface area contributed by atoms with Gasteiger partial charge in [0.05, 0.1) is 31.1 Å². The van der Waals surface area contributed by atoms with E-state index in [0.717, 1.165) is 5.39 Å². The van der Waals surface area contributed by atoms with Crippen molar-refractivity contribution in [2.24, 2.45) is 5.41 Å². The Bertz CT molecular complexity index is 819. The first-order valence-corrected chi connectivity index (χ1v) is 9.54. The molecular formula is C17H22N2O4S. The molecule has 7 heteroatoms. The average Bonchev–Trinajstić information content (AvgIpc) is 2.78. The molecule has 0 amide bonds. The summed E-state index contributed by atoms with van der Waals surface area (Å²) in [7, 11) is -3.53. The molecule has 1 atom stereocenters. The summed E-state index contributed by atoms with van der Waals surface area (Å²) in [5, 5.41) is 10.5. The smallest absolute Gasteiger partial charge is 0.218 e. The Morgan fingerprint density at radius 3 is 2.92 bits per heavy atom. The van der Waals surface area contributed by atoms with Gasteiger partial charge in [0.25, 0.3) is 0 Å². The summed E-state index contributed by atoms with van der Waals surface area (Å²) >= 11 is 0. The Labute approximate surface area is 142 Å². The van der Waals surface area contributed by atoms with E-state index >= 15 is 0 Å². The Hall–Kier alpha value is -1.54. The van der Waals surface area contributed by atoms with Crippen LogP contribution < -0.4 is 0 Å². The second kappa shape index (κ2) is 6.76. The standard InChI is InChI=1S/C17H22N2O4S/c1-17(12-20)11-19(8-9-23-13-17)24(21,22)10-15-5-2-4-14-6-3-7-18-16(14)15/h2-7,20H,8-13H2,1H3. The number of fused-ring (bicyclic) bond motifs is 1. The quantitative estimate of drug-likeness (QED) is 0.901. The molecule has 0 bridgehead atoms. The van der Waals surface area contributed by atoms with Gasteiger partial charge in [-0.1, -0.05) is 31.2 Å². The zero-order valence-corrected chi connectivity index (χ0v) is 14.5. The van der Waals surface area contributed by atoms with E-state index in [-0.39, 0.29) is 18.9 Å². The van der Waals surface area contributed by atoms with Crippen LogP contribution in [-0.4, -0.2) is 55.7 Å². The second-order valence-electron chi connectivity index (χ2n) is 6.60. The van der Waals surface area contributed by atoms with Gasteiger partial charge in [0, 0.05) is 30.1 Å². The van der Waals surface area contributed by atoms with E-state index < -0.39 is 15.4 Å². The summed E-state index contributed by atoms with van der Waals surface area (Å²) in [5.41, 5.74) is 0.809. The van der Waals surface area contributed by atoms with Gasteiger partial charge in [-0.3, -0.25) is 4.98 Å². The predicted octanol–water partition coefficient (Wildman–Crippen LogP) is 1.40. The molecule has 1 aromatic heterocycles. The minimum atomic E-state index is -3.53. The van der Waals surface area contributed by atoms with Crippen molar-refractivity contribution >= 4 is 20.9 Å². The minimum absolute atomic E-state index is 0.108. The van der Waals surface area contributed by atoms with Crippen LogP contribution in [-0.2, 0) is 20.5 Å². The Morgan fingerprint density at radius 2 is 2.12 bits per heavy atom. The molecule has 0 aliphatic carbocycles. The lowest BCUT2D eigenvalue weighted by Gasteiger charge is -2.29. The van der Waals surface area contributed by atoms with Crippen LogP contribution in [0, 0.1) is 5.41 Å². The zero-order chi connectivity index (χ0) is 17.2. The molecule has 2 heterocycles. The molecular weight excluding hydrogens is 328 g/mol. The lowest BCUT2D eigenvalue weighted by molar-refractivity contribution is 0.0381. The van der Waals surface area contributed by atoms with Gasteiger partial charge in [-0.25, -0.2) is 8.42 Å². The summed E-state index contributed by atoms with van der Waals surface area (Å²) in [6.07, 6.45) is 1.67. The molecule has 130 valence electrons. The number of nitrogens with zero attached hydrogens (tertiary/aromatic N) is 2. The van der Waals surface area contributed by atoms with E-state index in [9.17, 15) is 13.5 Å². The van der Waals surface area contributed by atoms with Crippen LogP contribution in [0.25, 0.3) is 10.9 Å². The summed E-state index contributed by atoms with van der Waals surface area (Å²) in [5.74, 6) is -0.108. The fourth-order valence-corrected chi connectivity index (χ4v) is 4.61. The van der Waals surface area contributed by atoms with E-state index in [2.05, 4.69) is 4.98 Å². The highest BCUT2D eigenvalue weighted by Gasteiger charge is 2.35. The number of aliphatic hydroxyl groups is 1. The number of aromatic nitrogens is 1. The van der Waals surface area contributed by atoms with Gasteiger partial charge in [-0.15, -0.1) is 0 Å². The van der Waals surface area contributed by atoms with E-state index in [0.29, 0.717) is 30.8 Å². The van der Waals surface area contributed by atoms with Gasteiger partial charge in [-0.05, 0) is 11.6 Å². The highest BCUT2D eigenvalue weighted by molar-refractivity contribution is 7.88. The molecule has 1 N–H and O–H groups in total. The fraction of sp³-hybridized carbons (Fsp3) is 0.471. The largest absolute Gasteiger partial charge is 0.396 e. The number of para-hydroxylation sites is 1. The maximum atomic E-state index is 12.9. The topological polar surface area (TPSA) is 79.7 Å². The van der Waals surface area contributed by atoms with Gasteiger partial charge >= 0.3 is 0 Å². The number of aliphatic hydroxyl groups excluding tert-OH is 1. The lowest BCUT2D eigenvalue weighted by Crippen LogP contribution is -2.42. The fourth-order valence-electron chi connectivity index (χ4n) is 2.94. The van der Waals surface area contributed by atoms with Crippen molar-refractivity contribution in [3.05, 3.63) is 42.1 Å². The van der Waals surface area contributed by atoms with Gasteiger partial charge in [-0.2, -0.15) is 4.31 Å². The molecule has 1 fully saturated rings. The summed E-state index contributed by atoms with van der Waals surface area (Å²) < 4.78 is 32.7. The molecule has 1 aliphatic heterocycles. The number of benzene rings is 1. The molecule has 0 spiro atoms. The van der Waals surface area contributed by atoms with Gasteiger partial charge < -0.3 is 9.84 Å². The normalized spacial score (nSPS) is 23.2. The van der Waals surface area contributed by atoms with Crippen molar-refractivity contribution in [3.63, 3.8) is 0 Å². The third-order valence-electron chi connectivity index (χ3n) is 4.32. The number of ether oxygens (including phenoxy) is 1. The third-order valence-corrected chi connectivity index (χ3v) is 6.10. The molecule has 3 rings (SSSR count). The Kier molecular flexibility index (Phi) is 4.87. The highest BCUT2D eigenvalue weighted by atomic mass is 32.2. The van der Waals surface area contributed by atoms with Gasteiger partial charge in [0.2, 0.25) is 10.0 Å². The Balaban J connectivity index is 1.90. The molecule has 6 nitrogen and oxygen atoms in total. The zero-order valence-electron chi connectivity index (χ0n) is 13.7. The highest BCUT2D eigenvalue weighted by Crippen LogP contribution is 2.25. The van der Waals surface area contributed by atoms with Crippen LogP contribution >= 0.6 is 0 Å². The van der Waals surface area contributed by atoms with Crippen LogP contribution in [0.1, 0.15) is 12.5 Å². The number of hydrogen-bond acceptors (Lipinski definition) is 5. The second-order valence-corrected chi connectivity index (χ2v) is 8.57. The average molecular weight is 350 g/mol. The number of pyridine rings is 1. The molecule has 1 aliphatic rings. The van der Waals surface area contributed by atoms with Crippen molar-refractivity contribution < 1.29 is 18.3 Å². The first-order chi connectivity index (χ1) is 11.4. The number of sulfonamides is 1. The van der Waals surface area contributed by atoms with Crippen LogP contribution in [0.2, 0.25) is 0 Å². The van der Waals surface area contributed by atoms with Gasteiger partial charge in [0.1, 0.15) is 0 Å². The van der Waals surface area contributed by atoms with E-state index in [1.54, 1.807) is 12.3 Å². The molecule has 1 unspecified atom stereocenters. The predicted molar refractivity (Wildman–Crippen MR) is 92.0 cm³/mol. The number of hydrogen-bond donors (Lipinski definition) is 1. The summed E-state index contributed by atoms with van der Waals surface area (Å²) in [6.45, 7) is 2.96. The summed E-state index contributed by atoms with van der Waals surface area (Å²) in [6, 6.07) is 9.31. The summed E-state index contributed by atoms with van der Waals surface area (Å²) in [4.78, 5) is 4.33. The molecule has 1 saturated heterocycles. The first kappa shape index (κ1) is 17.3. The molecule has 0 radical (unpaired) electrons. The molecule has 2 aromatic rings. The van der Waals surface area contributed by atoms with Crippen LogP contribution in [0.3, 0.4) is 0 Å². The van der Waals surface area contributed by atoms with Crippen LogP contribution in [0.5, 0.6) is 0 Å². The van der Waals surface area contributed by atoms with Crippen LogP contribution in [0.4, 0.5) is 0 Å². The minimum Gasteiger partial charge on any atom is -0.396 e. The molecule has 24 heavy (non-hydrogen) atoms. The van der Waals surface area contributed by atoms with Crippen molar-refractivity contribution in [2.45, 2.75) is 12.7 Å². The maximum absolute atomic E-state index is 12.9. The third kappa shape index (κ3) is 3.59. The van der Waals surface area contributed by atoms with E-state index in [1.165, 1.54) is 4.31 Å².